The first-order chi connectivity index (χ1) is 55.5. The number of hydrogen-bond donors (Lipinski definition) is 2. The van der Waals surface area contributed by atoms with Crippen LogP contribution in [0.15, 0.2) is 418 Å². The molecule has 530 valence electrons. The van der Waals surface area contributed by atoms with Crippen LogP contribution in [0, 0.1) is 0 Å². The first-order valence-corrected chi connectivity index (χ1v) is 43.1. The van der Waals surface area contributed by atoms with Gasteiger partial charge in [-0.1, -0.05) is 337 Å². The van der Waals surface area contributed by atoms with Gasteiger partial charge in [0, 0.05) is 122 Å². The molecule has 0 amide bonds. The SMILES string of the molecule is c1ccc(Sc2c3c(c(Sc4ccccc4)c4ccccc24)-c2nc-3nc3[nH]c(nc4nc(nc5[nH]c(n2)c2c(Sc6ccccc6)c6ccccc6c(Sc6ccccc6)c52)-c2c-4c(Sc4ccccc4)c4ccccc4c2Sc2ccccc2)c2c(Sc4ccccc4)c4ccccc4c(Sc4ccccc4)c32)cc1. The standard InChI is InChI=1S/C96H58N8S8/c1-9-33-57(34-10-1)105-81-65-49-25-26-50-66(65)82(106-58-35-11-2-12-36-58)74-73(81)89-97-90(74)102-92-77-78(86(110-62-43-19-6-20-44-62)70-54-30-29-53-69(70)85(77)109-61-41-17-5-18-42-61)94(99-92)104-96-80-79(87(111-63-45-21-7-22-46-63)71-55-31-32-56-72(71)88(80)112-64-47-23-8-24-48-64)95(100-96)103-93-76-75(91(98-93)101-89)83(107-59-37-13-3-14-38-59)67-51-27-28-52-68(67)84(76)108-60-39-15-4-16-40-60/h1-56H,(H2,97,98,99,100,101,102,103,104). The van der Waals surface area contributed by atoms with E-state index in [0.717, 1.165) is 165 Å². The predicted molar refractivity (Wildman–Crippen MR) is 471 cm³/mol. The molecule has 19 aromatic rings. The Labute approximate surface area is 678 Å². The van der Waals surface area contributed by atoms with Crippen LogP contribution in [0.1, 0.15) is 0 Å². The molecule has 0 unspecified atom stereocenters. The molecule has 16 heteroatoms. The number of hydrogen-bond acceptors (Lipinski definition) is 14. The fraction of sp³-hybridized carbons (Fsp3) is 0. The summed E-state index contributed by atoms with van der Waals surface area (Å²) in [6.45, 7) is 0. The second-order valence-electron chi connectivity index (χ2n) is 26.7. The van der Waals surface area contributed by atoms with E-state index in [9.17, 15) is 0 Å². The van der Waals surface area contributed by atoms with Gasteiger partial charge in [0.1, 0.15) is 22.6 Å². The van der Waals surface area contributed by atoms with Gasteiger partial charge < -0.3 is 9.97 Å². The second kappa shape index (κ2) is 29.8. The van der Waals surface area contributed by atoms with Crippen molar-refractivity contribution >= 4 is 181 Å². The highest BCUT2D eigenvalue weighted by atomic mass is 32.2. The number of H-pyrrole nitrogens is 2. The van der Waals surface area contributed by atoms with E-state index in [-0.39, 0.29) is 0 Å². The zero-order chi connectivity index (χ0) is 74.0. The Morgan fingerprint density at radius 2 is 0.295 bits per heavy atom. The minimum atomic E-state index is 0.496. The third-order valence-corrected chi connectivity index (χ3v) is 28.9. The van der Waals surface area contributed by atoms with Crippen LogP contribution in [0.5, 0.6) is 0 Å². The van der Waals surface area contributed by atoms with Crippen molar-refractivity contribution in [2.45, 2.75) is 78.3 Å². The van der Waals surface area contributed by atoms with Gasteiger partial charge in [-0.15, -0.1) is 0 Å². The van der Waals surface area contributed by atoms with Gasteiger partial charge in [0.15, 0.2) is 23.3 Å². The number of aromatic nitrogens is 8. The summed E-state index contributed by atoms with van der Waals surface area (Å²) in [5.74, 6) is 1.98. The van der Waals surface area contributed by atoms with Crippen molar-refractivity contribution in [1.82, 2.24) is 39.9 Å². The maximum Gasteiger partial charge on any atom is 0.165 e. The van der Waals surface area contributed by atoms with Crippen molar-refractivity contribution in [2.75, 3.05) is 0 Å². The smallest absolute Gasteiger partial charge is 0.165 e. The van der Waals surface area contributed by atoms with Gasteiger partial charge in [0.25, 0.3) is 0 Å². The van der Waals surface area contributed by atoms with Crippen molar-refractivity contribution < 1.29 is 0 Å². The Balaban J connectivity index is 1.02. The molecule has 0 spiro atoms. The van der Waals surface area contributed by atoms with Crippen LogP contribution in [0.4, 0.5) is 0 Å². The van der Waals surface area contributed by atoms with Crippen LogP contribution in [-0.2, 0) is 0 Å². The van der Waals surface area contributed by atoms with E-state index in [1.54, 1.807) is 94.1 Å². The van der Waals surface area contributed by atoms with E-state index >= 15 is 0 Å². The molecular weight excluding hydrogens is 1520 g/mol. The minimum Gasteiger partial charge on any atom is -0.324 e. The van der Waals surface area contributed by atoms with Gasteiger partial charge in [-0.25, -0.2) is 29.9 Å². The zero-order valence-electron chi connectivity index (χ0n) is 59.3. The van der Waals surface area contributed by atoms with E-state index in [2.05, 4.69) is 350 Å². The Bertz CT molecular complexity index is 6270. The summed E-state index contributed by atoms with van der Waals surface area (Å²) in [5, 5.41) is 12.1. The van der Waals surface area contributed by atoms with E-state index < -0.39 is 0 Å². The lowest BCUT2D eigenvalue weighted by atomic mass is 10.0. The molecule has 2 N–H and O–H groups in total. The Kier molecular flexibility index (Phi) is 18.3. The highest BCUT2D eigenvalue weighted by molar-refractivity contribution is 8.02. The lowest BCUT2D eigenvalue weighted by Gasteiger charge is -2.17. The molecule has 0 fully saturated rings. The van der Waals surface area contributed by atoms with Crippen molar-refractivity contribution in [1.29, 1.82) is 0 Å². The van der Waals surface area contributed by atoms with E-state index in [1.165, 1.54) is 0 Å². The van der Waals surface area contributed by atoms with Crippen molar-refractivity contribution in [3.8, 4) is 45.6 Å². The van der Waals surface area contributed by atoms with Crippen LogP contribution >= 0.6 is 94.1 Å². The zero-order valence-corrected chi connectivity index (χ0v) is 65.8. The molecule has 21 rings (SSSR count). The van der Waals surface area contributed by atoms with Crippen molar-refractivity contribution in [3.05, 3.63) is 340 Å². The highest BCUT2D eigenvalue weighted by Gasteiger charge is 2.35. The summed E-state index contributed by atoms with van der Waals surface area (Å²) < 4.78 is 0. The van der Waals surface area contributed by atoms with E-state index in [4.69, 9.17) is 29.9 Å². The predicted octanol–water partition coefficient (Wildman–Crippen LogP) is 28.7. The summed E-state index contributed by atoms with van der Waals surface area (Å²) in [5.41, 5.74) is 5.79. The molecule has 0 radical (unpaired) electrons. The number of aromatic amines is 2. The quantitative estimate of drug-likeness (QED) is 0.0958. The van der Waals surface area contributed by atoms with E-state index in [1.807, 2.05) is 0 Å². The van der Waals surface area contributed by atoms with Crippen molar-refractivity contribution in [2.24, 2.45) is 0 Å². The minimum absolute atomic E-state index is 0.496. The van der Waals surface area contributed by atoms with Crippen molar-refractivity contribution in [3.63, 3.8) is 0 Å². The van der Waals surface area contributed by atoms with Gasteiger partial charge in [0.2, 0.25) is 0 Å². The Morgan fingerprint density at radius 3 is 0.464 bits per heavy atom. The maximum absolute atomic E-state index is 6.22. The van der Waals surface area contributed by atoms with Crippen LogP contribution in [0.3, 0.4) is 0 Å². The maximum atomic E-state index is 6.22. The lowest BCUT2D eigenvalue weighted by molar-refractivity contribution is 1.18. The highest BCUT2D eigenvalue weighted by Crippen LogP contribution is 2.58. The fourth-order valence-corrected chi connectivity index (χ4v) is 23.9. The molecule has 16 aromatic carbocycles. The largest absolute Gasteiger partial charge is 0.324 e. The Morgan fingerprint density at radius 1 is 0.152 bits per heavy atom. The monoisotopic (exact) mass is 1580 g/mol. The normalized spacial score (nSPS) is 11.9. The molecule has 8 bridgehead atoms. The van der Waals surface area contributed by atoms with Crippen LogP contribution in [0.2, 0.25) is 0 Å². The molecule has 8 nitrogen and oxygen atoms in total. The Hall–Kier alpha value is -11.3. The van der Waals surface area contributed by atoms with Gasteiger partial charge >= 0.3 is 0 Å². The average Bonchev–Trinajstić information content (AvgIpc) is 1.54. The van der Waals surface area contributed by atoms with Crippen LogP contribution in [0.25, 0.3) is 133 Å². The lowest BCUT2D eigenvalue weighted by Crippen LogP contribution is -1.93. The molecule has 0 aliphatic carbocycles. The van der Waals surface area contributed by atoms with Crippen LogP contribution < -0.4 is 0 Å². The van der Waals surface area contributed by atoms with Gasteiger partial charge in [-0.2, -0.15) is 0 Å². The first kappa shape index (κ1) is 68.7. The number of rotatable bonds is 16. The molecule has 2 aliphatic rings. The molecule has 0 atom stereocenters. The summed E-state index contributed by atoms with van der Waals surface area (Å²) in [7, 11) is 0. The fourth-order valence-electron chi connectivity index (χ4n) is 14.9. The number of fused-ring (bicyclic) bond motifs is 24. The first-order valence-electron chi connectivity index (χ1n) is 36.5. The average molecular weight is 1580 g/mol. The van der Waals surface area contributed by atoms with Gasteiger partial charge in [0.05, 0.1) is 0 Å². The number of benzene rings is 16. The molecule has 5 heterocycles. The summed E-state index contributed by atoms with van der Waals surface area (Å²) in [6, 6.07) is 121. The number of nitrogens with one attached hydrogen (secondary N) is 2. The molecule has 3 aromatic heterocycles. The molecule has 2 aliphatic heterocycles. The van der Waals surface area contributed by atoms with E-state index in [0.29, 0.717) is 45.9 Å². The molecule has 0 saturated heterocycles. The third kappa shape index (κ3) is 12.7. The van der Waals surface area contributed by atoms with Gasteiger partial charge in [-0.3, -0.25) is 0 Å². The molecular formula is C96H58N8S8. The molecule has 112 heavy (non-hydrogen) atoms. The summed E-state index contributed by atoms with van der Waals surface area (Å²) in [6.07, 6.45) is 0. The summed E-state index contributed by atoms with van der Waals surface area (Å²) >= 11 is 13.8. The van der Waals surface area contributed by atoms with Crippen LogP contribution in [-0.4, -0.2) is 39.9 Å². The topological polar surface area (TPSA) is 109 Å². The third-order valence-electron chi connectivity index (χ3n) is 19.8. The van der Waals surface area contributed by atoms with Gasteiger partial charge in [-0.05, 0) is 140 Å². The second-order valence-corrected chi connectivity index (χ2v) is 35.4. The number of nitrogens with zero attached hydrogens (tertiary/aromatic N) is 6. The molecule has 0 saturated carbocycles. The summed E-state index contributed by atoms with van der Waals surface area (Å²) in [4.78, 5) is 61.9.